The van der Waals surface area contributed by atoms with Crippen molar-refractivity contribution in [3.63, 3.8) is 0 Å². The third kappa shape index (κ3) is 6.13. The molecule has 0 saturated carbocycles. The minimum Gasteiger partial charge on any atom is -0.381 e. The zero-order chi connectivity index (χ0) is 17.4. The lowest BCUT2D eigenvalue weighted by Crippen LogP contribution is -2.41. The summed E-state index contributed by atoms with van der Waals surface area (Å²) in [5.74, 6) is 1.52. The second kappa shape index (κ2) is 9.64. The molecule has 0 amide bonds. The lowest BCUT2D eigenvalue weighted by atomic mass is 10.1. The third-order valence-electron chi connectivity index (χ3n) is 4.15. The molecule has 1 N–H and O–H groups in total. The highest BCUT2D eigenvalue weighted by molar-refractivity contribution is 5.79. The highest BCUT2D eigenvalue weighted by Gasteiger charge is 2.18. The van der Waals surface area contributed by atoms with Crippen molar-refractivity contribution in [3.05, 3.63) is 35.4 Å². The van der Waals surface area contributed by atoms with E-state index in [9.17, 15) is 0 Å². The van der Waals surface area contributed by atoms with Crippen LogP contribution < -0.4 is 5.32 Å². The van der Waals surface area contributed by atoms with E-state index in [4.69, 9.17) is 9.47 Å². The molecule has 0 spiro atoms. The van der Waals surface area contributed by atoms with Crippen LogP contribution in [0.1, 0.15) is 31.4 Å². The molecule has 1 aliphatic heterocycles. The predicted octanol–water partition coefficient (Wildman–Crippen LogP) is 2.66. The van der Waals surface area contributed by atoms with Crippen LogP contribution in [-0.4, -0.2) is 50.8 Å². The number of hydrogen-bond donors (Lipinski definition) is 1. The lowest BCUT2D eigenvalue weighted by Gasteiger charge is -2.24. The van der Waals surface area contributed by atoms with Gasteiger partial charge in [0.05, 0.1) is 19.3 Å². The maximum atomic E-state index is 5.68. The van der Waals surface area contributed by atoms with Crippen LogP contribution in [0.15, 0.2) is 29.3 Å². The van der Waals surface area contributed by atoms with Crippen LogP contribution in [0.25, 0.3) is 0 Å². The van der Waals surface area contributed by atoms with Crippen LogP contribution in [0.2, 0.25) is 0 Å². The van der Waals surface area contributed by atoms with Crippen molar-refractivity contribution in [1.29, 1.82) is 0 Å². The van der Waals surface area contributed by atoms with Crippen molar-refractivity contribution in [1.82, 2.24) is 10.2 Å². The summed E-state index contributed by atoms with van der Waals surface area (Å²) in [5.41, 5.74) is 2.44. The second-order valence-electron chi connectivity index (χ2n) is 6.69. The fraction of sp³-hybridized carbons (Fsp3) is 0.632. The lowest BCUT2D eigenvalue weighted by molar-refractivity contribution is 0.0657. The molecule has 134 valence electrons. The van der Waals surface area contributed by atoms with E-state index in [0.717, 1.165) is 38.7 Å². The zero-order valence-electron chi connectivity index (χ0n) is 15.4. The molecule has 1 atom stereocenters. The van der Waals surface area contributed by atoms with Gasteiger partial charge in [0, 0.05) is 39.7 Å². The molecule has 1 aromatic carbocycles. The van der Waals surface area contributed by atoms with Gasteiger partial charge in [-0.1, -0.05) is 24.3 Å². The van der Waals surface area contributed by atoms with Crippen LogP contribution in [0.3, 0.4) is 0 Å². The second-order valence-corrected chi connectivity index (χ2v) is 6.69. The summed E-state index contributed by atoms with van der Waals surface area (Å²) in [7, 11) is 3.91. The number of benzene rings is 1. The Morgan fingerprint density at radius 2 is 2.21 bits per heavy atom. The molecule has 0 radical (unpaired) electrons. The average Bonchev–Trinajstić information content (AvgIpc) is 3.07. The average molecular weight is 333 g/mol. The van der Waals surface area contributed by atoms with Gasteiger partial charge < -0.3 is 19.7 Å². The van der Waals surface area contributed by atoms with Crippen LogP contribution in [-0.2, 0) is 22.6 Å². The molecule has 24 heavy (non-hydrogen) atoms. The van der Waals surface area contributed by atoms with Gasteiger partial charge in [-0.05, 0) is 31.4 Å². The molecule has 1 aliphatic rings. The summed E-state index contributed by atoms with van der Waals surface area (Å²) in [6, 6.07) is 8.50. The van der Waals surface area contributed by atoms with Crippen molar-refractivity contribution < 1.29 is 9.47 Å². The summed E-state index contributed by atoms with van der Waals surface area (Å²) in [5, 5.41) is 3.45. The summed E-state index contributed by atoms with van der Waals surface area (Å²) in [4.78, 5) is 6.58. The van der Waals surface area contributed by atoms with Gasteiger partial charge in [0.25, 0.3) is 0 Å². The molecule has 0 aromatic heterocycles. The standard InChI is InChI=1S/C19H31N3O2/c1-15(2)24-14-17-7-5-6-16(10-17)11-21-19(20-3)22(4)12-18-8-9-23-13-18/h5-7,10,15,18H,8-9,11-14H2,1-4H3,(H,20,21). The molecule has 1 heterocycles. The van der Waals surface area contributed by atoms with Gasteiger partial charge in [0.1, 0.15) is 0 Å². The number of nitrogens with zero attached hydrogens (tertiary/aromatic N) is 2. The van der Waals surface area contributed by atoms with Gasteiger partial charge in [-0.15, -0.1) is 0 Å². The number of ether oxygens (including phenoxy) is 2. The van der Waals surface area contributed by atoms with Crippen LogP contribution >= 0.6 is 0 Å². The van der Waals surface area contributed by atoms with E-state index in [1.807, 2.05) is 7.05 Å². The van der Waals surface area contributed by atoms with E-state index in [2.05, 4.69) is 60.4 Å². The van der Waals surface area contributed by atoms with E-state index in [1.54, 1.807) is 0 Å². The minimum absolute atomic E-state index is 0.249. The van der Waals surface area contributed by atoms with Crippen LogP contribution in [0.5, 0.6) is 0 Å². The molecule has 0 bridgehead atoms. The Balaban J connectivity index is 1.84. The van der Waals surface area contributed by atoms with Gasteiger partial charge in [0.15, 0.2) is 5.96 Å². The fourth-order valence-electron chi connectivity index (χ4n) is 2.86. The van der Waals surface area contributed by atoms with Crippen molar-refractivity contribution in [2.24, 2.45) is 10.9 Å². The molecule has 5 nitrogen and oxygen atoms in total. The summed E-state index contributed by atoms with van der Waals surface area (Å²) in [6.45, 7) is 8.24. The third-order valence-corrected chi connectivity index (χ3v) is 4.15. The maximum Gasteiger partial charge on any atom is 0.193 e. The summed E-state index contributed by atoms with van der Waals surface area (Å²) >= 11 is 0. The molecule has 1 fully saturated rings. The maximum absolute atomic E-state index is 5.68. The van der Waals surface area contributed by atoms with Crippen LogP contribution in [0.4, 0.5) is 0 Å². The monoisotopic (exact) mass is 333 g/mol. The van der Waals surface area contributed by atoms with E-state index in [0.29, 0.717) is 12.5 Å². The van der Waals surface area contributed by atoms with E-state index < -0.39 is 0 Å². The van der Waals surface area contributed by atoms with Gasteiger partial charge >= 0.3 is 0 Å². The molecular formula is C19H31N3O2. The molecule has 1 saturated heterocycles. The minimum atomic E-state index is 0.249. The number of guanidine groups is 1. The Kier molecular flexibility index (Phi) is 7.53. The normalized spacial score (nSPS) is 18.2. The first-order chi connectivity index (χ1) is 11.6. The quantitative estimate of drug-likeness (QED) is 0.615. The number of nitrogens with one attached hydrogen (secondary N) is 1. The first-order valence-corrected chi connectivity index (χ1v) is 8.77. The number of rotatable bonds is 7. The molecule has 0 aliphatic carbocycles. The van der Waals surface area contributed by atoms with Gasteiger partial charge in [-0.25, -0.2) is 0 Å². The van der Waals surface area contributed by atoms with Crippen molar-refractivity contribution in [3.8, 4) is 0 Å². The first-order valence-electron chi connectivity index (χ1n) is 8.77. The van der Waals surface area contributed by atoms with Gasteiger partial charge in [-0.2, -0.15) is 0 Å². The number of aliphatic imine (C=N–C) groups is 1. The molecule has 1 aromatic rings. The Morgan fingerprint density at radius 3 is 2.88 bits per heavy atom. The highest BCUT2D eigenvalue weighted by atomic mass is 16.5. The Labute approximate surface area is 146 Å². The smallest absolute Gasteiger partial charge is 0.193 e. The fourth-order valence-corrected chi connectivity index (χ4v) is 2.86. The predicted molar refractivity (Wildman–Crippen MR) is 98.1 cm³/mol. The molecule has 1 unspecified atom stereocenters. The zero-order valence-corrected chi connectivity index (χ0v) is 15.4. The van der Waals surface area contributed by atoms with Gasteiger partial charge in [0.2, 0.25) is 0 Å². The van der Waals surface area contributed by atoms with Gasteiger partial charge in [-0.3, -0.25) is 4.99 Å². The Hall–Kier alpha value is -1.59. The number of hydrogen-bond acceptors (Lipinski definition) is 3. The largest absolute Gasteiger partial charge is 0.381 e. The van der Waals surface area contributed by atoms with E-state index in [1.165, 1.54) is 11.1 Å². The highest BCUT2D eigenvalue weighted by Crippen LogP contribution is 2.13. The summed E-state index contributed by atoms with van der Waals surface area (Å²) in [6.07, 6.45) is 1.39. The van der Waals surface area contributed by atoms with Crippen molar-refractivity contribution in [2.75, 3.05) is 33.9 Å². The Morgan fingerprint density at radius 1 is 1.42 bits per heavy atom. The SMILES string of the molecule is CN=C(NCc1cccc(COC(C)C)c1)N(C)CC1CCOC1. The molecule has 2 rings (SSSR count). The summed E-state index contributed by atoms with van der Waals surface area (Å²) < 4.78 is 11.1. The van der Waals surface area contributed by atoms with Crippen molar-refractivity contribution >= 4 is 5.96 Å². The van der Waals surface area contributed by atoms with Crippen LogP contribution in [0, 0.1) is 5.92 Å². The van der Waals surface area contributed by atoms with E-state index in [-0.39, 0.29) is 6.10 Å². The molecular weight excluding hydrogens is 302 g/mol. The topological polar surface area (TPSA) is 46.1 Å². The first kappa shape index (κ1) is 18.7. The Bertz CT molecular complexity index is 525. The van der Waals surface area contributed by atoms with E-state index >= 15 is 0 Å². The van der Waals surface area contributed by atoms with Crippen molar-refractivity contribution in [2.45, 2.75) is 39.5 Å². The molecule has 5 heteroatoms.